The Labute approximate surface area is 151 Å². The lowest BCUT2D eigenvalue weighted by molar-refractivity contribution is -0.119. The summed E-state index contributed by atoms with van der Waals surface area (Å²) in [5.74, 6) is 0. The van der Waals surface area contributed by atoms with E-state index in [1.165, 1.54) is 6.92 Å². The molecular weight excluding hydrogens is 336 g/mol. The van der Waals surface area contributed by atoms with Crippen LogP contribution in [0.25, 0.3) is 10.8 Å². The first-order valence-corrected chi connectivity index (χ1v) is 8.32. The molecule has 0 spiro atoms. The SMILES string of the molecule is CCOC(=O)NN(C(=O)OCC)[C@](C)(C=O)c1ccc2ccccc2c1. The van der Waals surface area contributed by atoms with Crippen molar-refractivity contribution in [2.24, 2.45) is 0 Å². The van der Waals surface area contributed by atoms with Crippen molar-refractivity contribution in [3.63, 3.8) is 0 Å². The van der Waals surface area contributed by atoms with Crippen molar-refractivity contribution in [2.75, 3.05) is 13.2 Å². The van der Waals surface area contributed by atoms with Crippen molar-refractivity contribution in [2.45, 2.75) is 26.3 Å². The molecule has 138 valence electrons. The van der Waals surface area contributed by atoms with Crippen LogP contribution in [-0.4, -0.2) is 36.7 Å². The van der Waals surface area contributed by atoms with E-state index in [1.54, 1.807) is 26.0 Å². The minimum Gasteiger partial charge on any atom is -0.449 e. The Morgan fingerprint density at radius 3 is 2.35 bits per heavy atom. The van der Waals surface area contributed by atoms with Crippen LogP contribution in [0.15, 0.2) is 42.5 Å². The van der Waals surface area contributed by atoms with Gasteiger partial charge in [-0.05, 0) is 43.2 Å². The normalized spacial score (nSPS) is 12.7. The Morgan fingerprint density at radius 1 is 1.08 bits per heavy atom. The first kappa shape index (κ1) is 19.2. The Kier molecular flexibility index (Phi) is 6.16. The molecule has 0 radical (unpaired) electrons. The van der Waals surface area contributed by atoms with Gasteiger partial charge in [0.2, 0.25) is 0 Å². The van der Waals surface area contributed by atoms with E-state index in [0.717, 1.165) is 15.8 Å². The monoisotopic (exact) mass is 358 g/mol. The van der Waals surface area contributed by atoms with E-state index in [1.807, 2.05) is 30.3 Å². The van der Waals surface area contributed by atoms with Crippen LogP contribution >= 0.6 is 0 Å². The predicted octanol–water partition coefficient (Wildman–Crippen LogP) is 3.37. The second kappa shape index (κ2) is 8.33. The molecule has 2 amide bonds. The topological polar surface area (TPSA) is 84.9 Å². The second-order valence-electron chi connectivity index (χ2n) is 5.69. The highest BCUT2D eigenvalue weighted by molar-refractivity contribution is 5.86. The summed E-state index contributed by atoms with van der Waals surface area (Å²) in [4.78, 5) is 36.3. The number of nitrogens with one attached hydrogen (secondary N) is 1. The van der Waals surface area contributed by atoms with E-state index in [0.29, 0.717) is 11.8 Å². The zero-order valence-electron chi connectivity index (χ0n) is 15.0. The third-order valence-corrected chi connectivity index (χ3v) is 3.96. The molecule has 0 aliphatic carbocycles. The molecule has 0 aliphatic rings. The molecule has 2 aromatic carbocycles. The van der Waals surface area contributed by atoms with Crippen molar-refractivity contribution in [3.8, 4) is 0 Å². The number of ether oxygens (including phenoxy) is 2. The minimum atomic E-state index is -1.48. The van der Waals surface area contributed by atoms with E-state index in [-0.39, 0.29) is 13.2 Å². The van der Waals surface area contributed by atoms with Gasteiger partial charge in [-0.1, -0.05) is 36.4 Å². The highest BCUT2D eigenvalue weighted by Crippen LogP contribution is 2.28. The number of benzene rings is 2. The zero-order chi connectivity index (χ0) is 19.2. The number of nitrogens with zero attached hydrogens (tertiary/aromatic N) is 1. The number of carbonyl (C=O) groups is 3. The zero-order valence-corrected chi connectivity index (χ0v) is 15.0. The average molecular weight is 358 g/mol. The van der Waals surface area contributed by atoms with Gasteiger partial charge in [0.1, 0.15) is 5.54 Å². The Morgan fingerprint density at radius 2 is 1.73 bits per heavy atom. The van der Waals surface area contributed by atoms with E-state index in [2.05, 4.69) is 5.43 Å². The van der Waals surface area contributed by atoms with Crippen molar-refractivity contribution in [1.82, 2.24) is 10.4 Å². The number of amides is 2. The standard InChI is InChI=1S/C19H22N2O5/c1-4-25-17(23)20-21(18(24)26-5-2)19(3,13-22)16-11-10-14-8-6-7-9-15(14)12-16/h6-13H,4-5H2,1-3H3,(H,20,23)/t19-/m1/s1. The molecule has 0 aromatic heterocycles. The fourth-order valence-electron chi connectivity index (χ4n) is 2.55. The molecule has 0 aliphatic heterocycles. The van der Waals surface area contributed by atoms with Crippen LogP contribution < -0.4 is 5.43 Å². The smallest absolute Gasteiger partial charge is 0.430 e. The van der Waals surface area contributed by atoms with E-state index >= 15 is 0 Å². The van der Waals surface area contributed by atoms with Gasteiger partial charge in [0.05, 0.1) is 13.2 Å². The molecule has 0 saturated heterocycles. The van der Waals surface area contributed by atoms with Crippen LogP contribution in [0, 0.1) is 0 Å². The first-order chi connectivity index (χ1) is 12.5. The molecular formula is C19H22N2O5. The highest BCUT2D eigenvalue weighted by atomic mass is 16.6. The predicted molar refractivity (Wildman–Crippen MR) is 96.4 cm³/mol. The summed E-state index contributed by atoms with van der Waals surface area (Å²) in [5.41, 5.74) is 1.35. The van der Waals surface area contributed by atoms with Crippen LogP contribution in [0.2, 0.25) is 0 Å². The number of aldehydes is 1. The summed E-state index contributed by atoms with van der Waals surface area (Å²) in [7, 11) is 0. The van der Waals surface area contributed by atoms with Crippen LogP contribution in [0.1, 0.15) is 26.3 Å². The van der Waals surface area contributed by atoms with Gasteiger partial charge in [-0.15, -0.1) is 0 Å². The van der Waals surface area contributed by atoms with Crippen molar-refractivity contribution >= 4 is 29.2 Å². The molecule has 7 nitrogen and oxygen atoms in total. The fourth-order valence-corrected chi connectivity index (χ4v) is 2.55. The molecule has 0 unspecified atom stereocenters. The molecule has 26 heavy (non-hydrogen) atoms. The third-order valence-electron chi connectivity index (χ3n) is 3.96. The molecule has 0 fully saturated rings. The van der Waals surface area contributed by atoms with Gasteiger partial charge in [0.15, 0.2) is 6.29 Å². The summed E-state index contributed by atoms with van der Waals surface area (Å²) in [6, 6.07) is 13.0. The van der Waals surface area contributed by atoms with Gasteiger partial charge in [0.25, 0.3) is 0 Å². The summed E-state index contributed by atoms with van der Waals surface area (Å²) >= 11 is 0. The summed E-state index contributed by atoms with van der Waals surface area (Å²) in [5, 5.41) is 2.74. The summed E-state index contributed by atoms with van der Waals surface area (Å²) < 4.78 is 9.83. The molecule has 1 atom stereocenters. The molecule has 2 aromatic rings. The highest BCUT2D eigenvalue weighted by Gasteiger charge is 2.40. The quantitative estimate of drug-likeness (QED) is 0.654. The van der Waals surface area contributed by atoms with Gasteiger partial charge in [-0.3, -0.25) is 0 Å². The van der Waals surface area contributed by atoms with Crippen molar-refractivity contribution < 1.29 is 23.9 Å². The number of rotatable bonds is 5. The summed E-state index contributed by atoms with van der Waals surface area (Å²) in [6.07, 6.45) is -1.13. The van der Waals surface area contributed by atoms with Gasteiger partial charge in [-0.25, -0.2) is 15.0 Å². The minimum absolute atomic E-state index is 0.0898. The number of hydrazine groups is 1. The molecule has 0 heterocycles. The van der Waals surface area contributed by atoms with E-state index < -0.39 is 17.7 Å². The van der Waals surface area contributed by atoms with E-state index in [9.17, 15) is 14.4 Å². The van der Waals surface area contributed by atoms with Gasteiger partial charge in [-0.2, -0.15) is 5.01 Å². The number of hydrogen-bond acceptors (Lipinski definition) is 5. The number of hydrogen-bond donors (Lipinski definition) is 1. The largest absolute Gasteiger partial charge is 0.449 e. The van der Waals surface area contributed by atoms with Crippen LogP contribution in [0.4, 0.5) is 9.59 Å². The molecule has 1 N–H and O–H groups in total. The average Bonchev–Trinajstić information content (AvgIpc) is 2.65. The Hall–Kier alpha value is -3.09. The van der Waals surface area contributed by atoms with Gasteiger partial charge in [0, 0.05) is 0 Å². The number of fused-ring (bicyclic) bond motifs is 1. The molecule has 0 saturated carbocycles. The molecule has 0 bridgehead atoms. The lowest BCUT2D eigenvalue weighted by Gasteiger charge is -2.36. The summed E-state index contributed by atoms with van der Waals surface area (Å²) in [6.45, 7) is 5.00. The lowest BCUT2D eigenvalue weighted by Crippen LogP contribution is -2.58. The first-order valence-electron chi connectivity index (χ1n) is 8.32. The second-order valence-corrected chi connectivity index (χ2v) is 5.69. The maximum atomic E-state index is 12.4. The van der Waals surface area contributed by atoms with E-state index in [4.69, 9.17) is 9.47 Å². The lowest BCUT2D eigenvalue weighted by atomic mass is 9.91. The maximum Gasteiger partial charge on any atom is 0.430 e. The van der Waals surface area contributed by atoms with Gasteiger partial charge >= 0.3 is 12.2 Å². The van der Waals surface area contributed by atoms with Gasteiger partial charge < -0.3 is 14.3 Å². The van der Waals surface area contributed by atoms with Crippen molar-refractivity contribution in [3.05, 3.63) is 48.0 Å². The van der Waals surface area contributed by atoms with Crippen LogP contribution in [0.3, 0.4) is 0 Å². The third kappa shape index (κ3) is 3.93. The Bertz CT molecular complexity index is 807. The molecule has 7 heteroatoms. The number of carbonyl (C=O) groups excluding carboxylic acids is 3. The van der Waals surface area contributed by atoms with Crippen LogP contribution in [-0.2, 0) is 19.8 Å². The molecule has 2 rings (SSSR count). The van der Waals surface area contributed by atoms with Crippen LogP contribution in [0.5, 0.6) is 0 Å². The van der Waals surface area contributed by atoms with Crippen molar-refractivity contribution in [1.29, 1.82) is 0 Å². The maximum absolute atomic E-state index is 12.4. The fraction of sp³-hybridized carbons (Fsp3) is 0.316. The Balaban J connectivity index is 2.49.